The first kappa shape index (κ1) is 14.7. The van der Waals surface area contributed by atoms with Crippen molar-refractivity contribution in [1.29, 1.82) is 5.26 Å². The zero-order valence-electron chi connectivity index (χ0n) is 11.9. The van der Waals surface area contributed by atoms with Crippen molar-refractivity contribution in [3.8, 4) is 6.07 Å². The molecule has 0 aromatic heterocycles. The van der Waals surface area contributed by atoms with E-state index in [1.54, 1.807) is 18.0 Å². The minimum Gasteiger partial charge on any atom is -0.369 e. The van der Waals surface area contributed by atoms with E-state index in [4.69, 9.17) is 5.26 Å². The average molecular weight is 279 g/mol. The molecule has 0 unspecified atom stereocenters. The molecule has 0 spiro atoms. The van der Waals surface area contributed by atoms with Crippen LogP contribution in [0.25, 0.3) is 0 Å². The van der Waals surface area contributed by atoms with Crippen LogP contribution in [0.4, 0.5) is 14.5 Å². The lowest BCUT2D eigenvalue weighted by Gasteiger charge is -2.37. The molecular formula is C15H19F2N3. The Morgan fingerprint density at radius 2 is 1.95 bits per heavy atom. The van der Waals surface area contributed by atoms with Crippen molar-refractivity contribution in [2.75, 3.05) is 31.6 Å². The normalized spacial score (nSPS) is 16.9. The number of likely N-dealkylation sites (tertiary alicyclic amines) is 1. The first-order valence-corrected chi connectivity index (χ1v) is 6.91. The fraction of sp³-hybridized carbons (Fsp3) is 0.533. The molecule has 108 valence electrons. The predicted molar refractivity (Wildman–Crippen MR) is 74.6 cm³/mol. The molecular weight excluding hydrogens is 260 g/mol. The highest BCUT2D eigenvalue weighted by Gasteiger charge is 2.25. The summed E-state index contributed by atoms with van der Waals surface area (Å²) in [5.41, 5.74) is -0.0168. The van der Waals surface area contributed by atoms with Crippen molar-refractivity contribution in [2.24, 2.45) is 0 Å². The van der Waals surface area contributed by atoms with Crippen LogP contribution in [0.2, 0.25) is 0 Å². The van der Waals surface area contributed by atoms with Gasteiger partial charge in [0.15, 0.2) is 11.6 Å². The Morgan fingerprint density at radius 3 is 2.50 bits per heavy atom. The van der Waals surface area contributed by atoms with Crippen LogP contribution in [0.15, 0.2) is 12.1 Å². The van der Waals surface area contributed by atoms with Gasteiger partial charge in [-0.15, -0.1) is 0 Å². The predicted octanol–water partition coefficient (Wildman–Crippen LogP) is 2.76. The van der Waals surface area contributed by atoms with Gasteiger partial charge in [0, 0.05) is 26.2 Å². The second kappa shape index (κ2) is 6.19. The zero-order chi connectivity index (χ0) is 14.7. The topological polar surface area (TPSA) is 30.3 Å². The summed E-state index contributed by atoms with van der Waals surface area (Å²) in [7, 11) is 1.79. The van der Waals surface area contributed by atoms with E-state index >= 15 is 0 Å². The zero-order valence-corrected chi connectivity index (χ0v) is 11.9. The van der Waals surface area contributed by atoms with E-state index in [2.05, 4.69) is 11.8 Å². The van der Waals surface area contributed by atoms with E-state index in [9.17, 15) is 8.78 Å². The second-order valence-electron chi connectivity index (χ2n) is 5.15. The van der Waals surface area contributed by atoms with Crippen molar-refractivity contribution < 1.29 is 8.78 Å². The molecule has 0 N–H and O–H groups in total. The molecule has 20 heavy (non-hydrogen) atoms. The largest absolute Gasteiger partial charge is 0.369 e. The maximum Gasteiger partial charge on any atom is 0.183 e. The number of halogens is 2. The summed E-state index contributed by atoms with van der Waals surface area (Å²) in [5, 5.41) is 8.70. The van der Waals surface area contributed by atoms with Gasteiger partial charge in [0.25, 0.3) is 0 Å². The molecule has 5 heteroatoms. The molecule has 1 aromatic rings. The third-order valence-electron chi connectivity index (χ3n) is 4.11. The van der Waals surface area contributed by atoms with Gasteiger partial charge < -0.3 is 9.80 Å². The molecule has 1 saturated heterocycles. The number of piperidine rings is 1. The lowest BCUT2D eigenvalue weighted by molar-refractivity contribution is 0.220. The Bertz CT molecular complexity index is 517. The molecule has 1 aromatic carbocycles. The summed E-state index contributed by atoms with van der Waals surface area (Å²) in [4.78, 5) is 4.15. The summed E-state index contributed by atoms with van der Waals surface area (Å²) < 4.78 is 27.7. The van der Waals surface area contributed by atoms with E-state index in [1.165, 1.54) is 12.1 Å². The number of hydrogen-bond donors (Lipinski definition) is 0. The fourth-order valence-corrected chi connectivity index (χ4v) is 2.72. The third-order valence-corrected chi connectivity index (χ3v) is 4.11. The van der Waals surface area contributed by atoms with E-state index in [0.717, 1.165) is 32.5 Å². The Morgan fingerprint density at radius 1 is 1.30 bits per heavy atom. The fourth-order valence-electron chi connectivity index (χ4n) is 2.72. The van der Waals surface area contributed by atoms with Crippen LogP contribution >= 0.6 is 0 Å². The van der Waals surface area contributed by atoms with Crippen LogP contribution in [0.1, 0.15) is 25.3 Å². The standard InChI is InChI=1S/C15H19F2N3/c1-3-20-8-6-12(7-9-20)19(2)13-5-4-11(10-18)14(16)15(13)17/h4-5,12H,3,6-9H2,1-2H3. The number of hydrogen-bond acceptors (Lipinski definition) is 3. The number of nitrogens with zero attached hydrogens (tertiary/aromatic N) is 3. The number of nitriles is 1. The highest BCUT2D eigenvalue weighted by Crippen LogP contribution is 2.27. The SMILES string of the molecule is CCN1CCC(N(C)c2ccc(C#N)c(F)c2F)CC1. The minimum absolute atomic E-state index is 0.208. The molecule has 0 atom stereocenters. The molecule has 0 bridgehead atoms. The average Bonchev–Trinajstić information content (AvgIpc) is 2.49. The molecule has 1 aliphatic heterocycles. The van der Waals surface area contributed by atoms with Crippen molar-refractivity contribution in [3.05, 3.63) is 29.3 Å². The quantitative estimate of drug-likeness (QED) is 0.852. The van der Waals surface area contributed by atoms with Crippen LogP contribution in [-0.2, 0) is 0 Å². The van der Waals surface area contributed by atoms with Crippen molar-refractivity contribution in [3.63, 3.8) is 0 Å². The van der Waals surface area contributed by atoms with E-state index < -0.39 is 11.6 Å². The van der Waals surface area contributed by atoms with Gasteiger partial charge in [-0.25, -0.2) is 8.78 Å². The molecule has 0 aliphatic carbocycles. The van der Waals surface area contributed by atoms with E-state index in [-0.39, 0.29) is 17.3 Å². The van der Waals surface area contributed by atoms with Crippen LogP contribution < -0.4 is 4.90 Å². The van der Waals surface area contributed by atoms with Gasteiger partial charge in [-0.1, -0.05) is 6.92 Å². The van der Waals surface area contributed by atoms with Crippen LogP contribution in [0.3, 0.4) is 0 Å². The maximum atomic E-state index is 14.0. The molecule has 0 radical (unpaired) electrons. The Labute approximate surface area is 118 Å². The summed E-state index contributed by atoms with van der Waals surface area (Å²) in [6.07, 6.45) is 1.87. The highest BCUT2D eigenvalue weighted by atomic mass is 19.2. The summed E-state index contributed by atoms with van der Waals surface area (Å²) >= 11 is 0. The Balaban J connectivity index is 2.16. The maximum absolute atomic E-state index is 14.0. The lowest BCUT2D eigenvalue weighted by atomic mass is 10.0. The minimum atomic E-state index is -1.05. The number of anilines is 1. The van der Waals surface area contributed by atoms with Gasteiger partial charge in [0.2, 0.25) is 0 Å². The number of benzene rings is 1. The van der Waals surface area contributed by atoms with E-state index in [0.29, 0.717) is 0 Å². The van der Waals surface area contributed by atoms with Gasteiger partial charge >= 0.3 is 0 Å². The van der Waals surface area contributed by atoms with Crippen LogP contribution in [0, 0.1) is 23.0 Å². The first-order valence-electron chi connectivity index (χ1n) is 6.91. The van der Waals surface area contributed by atoms with Crippen molar-refractivity contribution >= 4 is 5.69 Å². The molecule has 1 fully saturated rings. The van der Waals surface area contributed by atoms with E-state index in [1.807, 2.05) is 0 Å². The Hall–Kier alpha value is -1.67. The molecule has 0 saturated carbocycles. The summed E-state index contributed by atoms with van der Waals surface area (Å²) in [5.74, 6) is -1.98. The smallest absolute Gasteiger partial charge is 0.183 e. The van der Waals surface area contributed by atoms with Gasteiger partial charge in [-0.3, -0.25) is 0 Å². The van der Waals surface area contributed by atoms with Gasteiger partial charge in [-0.05, 0) is 31.5 Å². The highest BCUT2D eigenvalue weighted by molar-refractivity contribution is 5.52. The molecule has 3 nitrogen and oxygen atoms in total. The lowest BCUT2D eigenvalue weighted by Crippen LogP contribution is -2.43. The number of rotatable bonds is 3. The molecule has 2 rings (SSSR count). The molecule has 0 amide bonds. The monoisotopic (exact) mass is 279 g/mol. The van der Waals surface area contributed by atoms with Gasteiger partial charge in [-0.2, -0.15) is 5.26 Å². The molecule has 1 aliphatic rings. The molecule has 1 heterocycles. The van der Waals surface area contributed by atoms with Crippen LogP contribution in [0.5, 0.6) is 0 Å². The van der Waals surface area contributed by atoms with Crippen molar-refractivity contribution in [2.45, 2.75) is 25.8 Å². The first-order chi connectivity index (χ1) is 9.58. The second-order valence-corrected chi connectivity index (χ2v) is 5.15. The summed E-state index contributed by atoms with van der Waals surface area (Å²) in [6.45, 7) is 5.10. The third kappa shape index (κ3) is 2.75. The Kier molecular flexibility index (Phi) is 4.56. The van der Waals surface area contributed by atoms with Crippen molar-refractivity contribution in [1.82, 2.24) is 4.90 Å². The van der Waals surface area contributed by atoms with Gasteiger partial charge in [0.1, 0.15) is 6.07 Å². The summed E-state index contributed by atoms with van der Waals surface area (Å²) in [6, 6.07) is 4.69. The van der Waals surface area contributed by atoms with Crippen LogP contribution in [-0.4, -0.2) is 37.6 Å². The van der Waals surface area contributed by atoms with Gasteiger partial charge in [0.05, 0.1) is 11.3 Å².